The molecule has 0 spiro atoms. The summed E-state index contributed by atoms with van der Waals surface area (Å²) in [6.45, 7) is 8.01. The molecule has 4 nitrogen and oxygen atoms in total. The molecule has 0 aliphatic carbocycles. The second kappa shape index (κ2) is 7.99. The van der Waals surface area contributed by atoms with Crippen LogP contribution in [0.3, 0.4) is 0 Å². The summed E-state index contributed by atoms with van der Waals surface area (Å²) < 4.78 is 1.78. The number of rotatable bonds is 6. The van der Waals surface area contributed by atoms with E-state index in [9.17, 15) is 4.79 Å². The smallest absolute Gasteiger partial charge is 0.237 e. The summed E-state index contributed by atoms with van der Waals surface area (Å²) >= 11 is 4.65. The Morgan fingerprint density at radius 3 is 2.73 bits per heavy atom. The molecule has 0 aliphatic heterocycles. The Balaban J connectivity index is 1.96. The van der Waals surface area contributed by atoms with Gasteiger partial charge in [0.15, 0.2) is 8.68 Å². The van der Waals surface area contributed by atoms with Crippen LogP contribution >= 0.6 is 34.9 Å². The number of thioether (sulfide) groups is 2. The fourth-order valence-corrected chi connectivity index (χ4v) is 4.88. The highest BCUT2D eigenvalue weighted by Gasteiger charge is 2.18. The number of carbonyl (C=O) groups excluding carboxylic acids is 1. The molecule has 0 radical (unpaired) electrons. The van der Waals surface area contributed by atoms with Crippen molar-refractivity contribution in [2.24, 2.45) is 0 Å². The second-order valence-electron chi connectivity index (χ2n) is 4.83. The standard InChI is InChI=1S/C15H19N3OS3/c1-5-20-14-17-18-15(22-14)21-11(4)13(19)16-12-7-6-9(2)8-10(12)3/h6-8,11H,5H2,1-4H3,(H,16,19). The number of carbonyl (C=O) groups is 1. The third kappa shape index (κ3) is 4.72. The van der Waals surface area contributed by atoms with Crippen molar-refractivity contribution >= 4 is 46.5 Å². The van der Waals surface area contributed by atoms with E-state index in [0.29, 0.717) is 0 Å². The number of hydrogen-bond acceptors (Lipinski definition) is 6. The first kappa shape index (κ1) is 17.3. The molecular weight excluding hydrogens is 334 g/mol. The average Bonchev–Trinajstić information content (AvgIpc) is 2.89. The quantitative estimate of drug-likeness (QED) is 0.781. The third-order valence-corrected chi connectivity index (χ3v) is 6.07. The molecule has 7 heteroatoms. The Hall–Kier alpha value is -1.05. The lowest BCUT2D eigenvalue weighted by atomic mass is 10.1. The predicted molar refractivity (Wildman–Crippen MR) is 96.2 cm³/mol. The Labute approximate surface area is 143 Å². The van der Waals surface area contributed by atoms with Crippen molar-refractivity contribution in [3.8, 4) is 0 Å². The van der Waals surface area contributed by atoms with Crippen LogP contribution in [0.4, 0.5) is 5.69 Å². The third-order valence-electron chi connectivity index (χ3n) is 2.94. The number of hydrogen-bond donors (Lipinski definition) is 1. The SMILES string of the molecule is CCSc1nnc(SC(C)C(=O)Nc2ccc(C)cc2C)s1. The molecule has 1 amide bonds. The monoisotopic (exact) mass is 353 g/mol. The lowest BCUT2D eigenvalue weighted by Gasteiger charge is -2.12. The number of benzene rings is 1. The molecular formula is C15H19N3OS3. The van der Waals surface area contributed by atoms with Gasteiger partial charge in [-0.05, 0) is 38.2 Å². The zero-order valence-corrected chi connectivity index (χ0v) is 15.5. The van der Waals surface area contributed by atoms with Crippen LogP contribution in [0.5, 0.6) is 0 Å². The van der Waals surface area contributed by atoms with Crippen molar-refractivity contribution in [1.82, 2.24) is 10.2 Å². The van der Waals surface area contributed by atoms with Gasteiger partial charge >= 0.3 is 0 Å². The minimum absolute atomic E-state index is 0.0168. The molecule has 1 heterocycles. The van der Waals surface area contributed by atoms with Crippen LogP contribution in [-0.4, -0.2) is 27.1 Å². The van der Waals surface area contributed by atoms with E-state index in [0.717, 1.165) is 25.7 Å². The van der Waals surface area contributed by atoms with Crippen LogP contribution in [0.2, 0.25) is 0 Å². The molecule has 0 fully saturated rings. The van der Waals surface area contributed by atoms with Gasteiger partial charge in [-0.2, -0.15) is 0 Å². The summed E-state index contributed by atoms with van der Waals surface area (Å²) in [5, 5.41) is 11.0. The zero-order chi connectivity index (χ0) is 16.1. The van der Waals surface area contributed by atoms with Crippen molar-refractivity contribution in [3.63, 3.8) is 0 Å². The van der Waals surface area contributed by atoms with E-state index < -0.39 is 0 Å². The van der Waals surface area contributed by atoms with E-state index in [1.54, 1.807) is 11.8 Å². The van der Waals surface area contributed by atoms with Gasteiger partial charge in [-0.15, -0.1) is 10.2 Å². The van der Waals surface area contributed by atoms with Gasteiger partial charge in [0, 0.05) is 5.69 Å². The maximum atomic E-state index is 12.3. The molecule has 1 unspecified atom stereocenters. The minimum atomic E-state index is -0.215. The first-order chi connectivity index (χ1) is 10.5. The van der Waals surface area contributed by atoms with Gasteiger partial charge in [0.05, 0.1) is 5.25 Å². The van der Waals surface area contributed by atoms with Crippen molar-refractivity contribution in [1.29, 1.82) is 0 Å². The zero-order valence-electron chi connectivity index (χ0n) is 13.0. The number of amides is 1. The molecule has 2 aromatic rings. The van der Waals surface area contributed by atoms with Crippen molar-refractivity contribution < 1.29 is 4.79 Å². The van der Waals surface area contributed by atoms with Gasteiger partial charge in [-0.1, -0.05) is 59.5 Å². The lowest BCUT2D eigenvalue weighted by Crippen LogP contribution is -2.22. The van der Waals surface area contributed by atoms with Gasteiger partial charge in [0.2, 0.25) is 5.91 Å². The van der Waals surface area contributed by atoms with E-state index in [1.807, 2.05) is 32.9 Å². The van der Waals surface area contributed by atoms with E-state index in [-0.39, 0.29) is 11.2 Å². The van der Waals surface area contributed by atoms with Crippen LogP contribution in [-0.2, 0) is 4.79 Å². The maximum absolute atomic E-state index is 12.3. The molecule has 0 aliphatic rings. The van der Waals surface area contributed by atoms with Crippen LogP contribution in [0.25, 0.3) is 0 Å². The van der Waals surface area contributed by atoms with Gasteiger partial charge in [0.25, 0.3) is 0 Å². The fraction of sp³-hybridized carbons (Fsp3) is 0.400. The Morgan fingerprint density at radius 2 is 2.05 bits per heavy atom. The second-order valence-corrected chi connectivity index (χ2v) is 8.91. The average molecular weight is 354 g/mol. The predicted octanol–water partition coefficient (Wildman–Crippen LogP) is 4.39. The molecule has 0 saturated carbocycles. The summed E-state index contributed by atoms with van der Waals surface area (Å²) in [5.41, 5.74) is 3.12. The molecule has 1 aromatic carbocycles. The summed E-state index contributed by atoms with van der Waals surface area (Å²) in [4.78, 5) is 12.3. The summed E-state index contributed by atoms with van der Waals surface area (Å²) in [7, 11) is 0. The minimum Gasteiger partial charge on any atom is -0.325 e. The number of nitrogens with one attached hydrogen (secondary N) is 1. The molecule has 1 atom stereocenters. The topological polar surface area (TPSA) is 54.9 Å². The van der Waals surface area contributed by atoms with Crippen LogP contribution in [0.15, 0.2) is 26.9 Å². The maximum Gasteiger partial charge on any atom is 0.237 e. The first-order valence-corrected chi connectivity index (χ1v) is 9.69. The number of aryl methyl sites for hydroxylation is 2. The summed E-state index contributed by atoms with van der Waals surface area (Å²) in [5.74, 6) is 0.957. The summed E-state index contributed by atoms with van der Waals surface area (Å²) in [6.07, 6.45) is 0. The van der Waals surface area contributed by atoms with Crippen LogP contribution in [0, 0.1) is 13.8 Å². The van der Waals surface area contributed by atoms with Gasteiger partial charge in [-0.25, -0.2) is 0 Å². The normalized spacial score (nSPS) is 12.2. The van der Waals surface area contributed by atoms with E-state index >= 15 is 0 Å². The molecule has 1 aromatic heterocycles. The molecule has 22 heavy (non-hydrogen) atoms. The first-order valence-electron chi connectivity index (χ1n) is 7.00. The lowest BCUT2D eigenvalue weighted by molar-refractivity contribution is -0.115. The molecule has 2 rings (SSSR count). The summed E-state index contributed by atoms with van der Waals surface area (Å²) in [6, 6.07) is 6.01. The van der Waals surface area contributed by atoms with E-state index in [2.05, 4.69) is 28.5 Å². The number of aromatic nitrogens is 2. The highest BCUT2D eigenvalue weighted by molar-refractivity contribution is 8.03. The van der Waals surface area contributed by atoms with E-state index in [1.165, 1.54) is 28.7 Å². The Morgan fingerprint density at radius 1 is 1.32 bits per heavy atom. The molecule has 0 saturated heterocycles. The van der Waals surface area contributed by atoms with Crippen molar-refractivity contribution in [2.45, 2.75) is 41.6 Å². The number of anilines is 1. The van der Waals surface area contributed by atoms with Gasteiger partial charge in [0.1, 0.15) is 0 Å². The Kier molecular flexibility index (Phi) is 6.28. The van der Waals surface area contributed by atoms with Crippen LogP contribution in [0.1, 0.15) is 25.0 Å². The highest BCUT2D eigenvalue weighted by Crippen LogP contribution is 2.31. The number of nitrogens with zero attached hydrogens (tertiary/aromatic N) is 2. The van der Waals surface area contributed by atoms with Crippen molar-refractivity contribution in [3.05, 3.63) is 29.3 Å². The van der Waals surface area contributed by atoms with Crippen molar-refractivity contribution in [2.75, 3.05) is 11.1 Å². The van der Waals surface area contributed by atoms with E-state index in [4.69, 9.17) is 0 Å². The Bertz CT molecular complexity index is 657. The fourth-order valence-electron chi connectivity index (χ4n) is 1.82. The van der Waals surface area contributed by atoms with Crippen LogP contribution < -0.4 is 5.32 Å². The van der Waals surface area contributed by atoms with Gasteiger partial charge in [-0.3, -0.25) is 4.79 Å². The largest absolute Gasteiger partial charge is 0.325 e. The highest BCUT2D eigenvalue weighted by atomic mass is 32.2. The molecule has 1 N–H and O–H groups in total. The molecule has 118 valence electrons. The molecule has 0 bridgehead atoms. The van der Waals surface area contributed by atoms with Gasteiger partial charge < -0.3 is 5.32 Å².